The molecule has 0 heterocycles. The van der Waals surface area contributed by atoms with E-state index in [9.17, 15) is 104 Å². The minimum absolute atomic E-state index is 0. The maximum Gasteiger partial charge on any atom is 0.506 e. The van der Waals surface area contributed by atoms with Crippen LogP contribution >= 0.6 is 0 Å². The first kappa shape index (κ1) is 40.6. The summed E-state index contributed by atoms with van der Waals surface area (Å²) < 4.78 is 255. The van der Waals surface area contributed by atoms with Gasteiger partial charge in [0.1, 0.15) is 0 Å². The van der Waals surface area contributed by atoms with Gasteiger partial charge in [0, 0.05) is 25.8 Å². The Bertz CT molecular complexity index is 766. The van der Waals surface area contributed by atoms with Crippen molar-refractivity contribution in [3.8, 4) is 0 Å². The fourth-order valence-corrected chi connectivity index (χ4v) is 1.18. The van der Waals surface area contributed by atoms with Crippen molar-refractivity contribution in [2.75, 3.05) is 0 Å². The Morgan fingerprint density at radius 2 is 0.324 bits per heavy atom. The summed E-state index contributed by atoms with van der Waals surface area (Å²) in [6.45, 7) is 0. The van der Waals surface area contributed by atoms with E-state index in [1.54, 1.807) is 0 Å². The molecule has 1 radical (unpaired) electrons. The molecule has 0 aliphatic carbocycles. The molecule has 6 nitrogen and oxygen atoms in total. The fraction of sp³-hybridized carbons (Fsp3) is 1.00. The number of hydrogen-bond acceptors (Lipinski definition) is 6. The van der Waals surface area contributed by atoms with Gasteiger partial charge < -0.3 is 0 Å². The summed E-state index contributed by atoms with van der Waals surface area (Å²) in [5.41, 5.74) is -37.6. The summed E-state index contributed by atoms with van der Waals surface area (Å²) in [6, 6.07) is 0. The van der Waals surface area contributed by atoms with Crippen LogP contribution in [-0.4, -0.2) is 58.3 Å². The summed E-state index contributed by atoms with van der Waals surface area (Å²) in [7, 11) is -21.0. The van der Waals surface area contributed by atoms with Crippen LogP contribution in [0, 0.1) is 0 Å². The van der Waals surface area contributed by atoms with E-state index in [1.165, 1.54) is 0 Å². The quantitative estimate of drug-likeness (QED) is 0.362. The largest absolute Gasteiger partial charge is 0.506 e. The Kier molecular flexibility index (Phi) is 13.4. The van der Waals surface area contributed by atoms with Crippen LogP contribution in [0.15, 0.2) is 0 Å². The Labute approximate surface area is 192 Å². The number of sulfone groups is 3. The number of halogens is 18. The predicted molar refractivity (Wildman–Crippen MR) is 63.1 cm³/mol. The summed E-state index contributed by atoms with van der Waals surface area (Å²) >= 11 is 0. The second kappa shape index (κ2) is 11.2. The first-order valence-electron chi connectivity index (χ1n) is 5.63. The minimum Gasteiger partial charge on any atom is -0.210 e. The van der Waals surface area contributed by atoms with Crippen LogP contribution in [0.5, 0.6) is 0 Å². The van der Waals surface area contributed by atoms with Crippen molar-refractivity contribution < 1.29 is 130 Å². The summed E-state index contributed by atoms with van der Waals surface area (Å²) in [5, 5.41) is 0. The van der Waals surface area contributed by atoms with E-state index in [1.807, 2.05) is 0 Å². The fourth-order valence-electron chi connectivity index (χ4n) is 0.394. The minimum atomic E-state index is -7.01. The SMILES string of the molecule is O=S(=O)(C(F)(F)F)C(F)(F)F.O=S(=O)(C(F)(F)F)C(F)(F)F.O=S(=O)(C(F)(F)F)C(F)(F)F.[Sc]. The Hall–Kier alpha value is -0.540. The average molecular weight is 651 g/mol. The van der Waals surface area contributed by atoms with Crippen molar-refractivity contribution in [1.82, 2.24) is 0 Å². The van der Waals surface area contributed by atoms with E-state index in [0.717, 1.165) is 0 Å². The zero-order chi connectivity index (χ0) is 28.5. The van der Waals surface area contributed by atoms with Gasteiger partial charge in [0.25, 0.3) is 0 Å². The van der Waals surface area contributed by atoms with Crippen molar-refractivity contribution in [2.45, 2.75) is 33.0 Å². The molecule has 0 aromatic heterocycles. The zero-order valence-corrected chi connectivity index (χ0v) is 18.3. The van der Waals surface area contributed by atoms with E-state index in [-0.39, 0.29) is 25.8 Å². The molecule has 34 heavy (non-hydrogen) atoms. The standard InChI is InChI=1S/3C2F6O2S.Sc/c3*3-1(4,5)11(9,10)2(6,7)8;. The van der Waals surface area contributed by atoms with Crippen LogP contribution in [0.25, 0.3) is 0 Å². The molecular formula is C6F18O6S3Sc. The number of alkyl halides is 18. The van der Waals surface area contributed by atoms with Gasteiger partial charge in [0.15, 0.2) is 0 Å². The molecule has 28 heteroatoms. The molecule has 0 atom stereocenters. The van der Waals surface area contributed by atoms with Gasteiger partial charge in [-0.25, -0.2) is 25.3 Å². The van der Waals surface area contributed by atoms with Gasteiger partial charge in [-0.1, -0.05) is 0 Å². The van der Waals surface area contributed by atoms with E-state index in [0.29, 0.717) is 0 Å². The number of rotatable bonds is 0. The average Bonchev–Trinajstić information content (AvgIpc) is 2.41. The monoisotopic (exact) mass is 651 g/mol. The van der Waals surface area contributed by atoms with Crippen molar-refractivity contribution >= 4 is 29.5 Å². The molecule has 0 aliphatic heterocycles. The maximum absolute atomic E-state index is 11.0. The van der Waals surface area contributed by atoms with Crippen molar-refractivity contribution in [2.24, 2.45) is 0 Å². The third-order valence-corrected chi connectivity index (χ3v) is 5.48. The molecule has 0 aromatic rings. The predicted octanol–water partition coefficient (Wildman–Crippen LogP) is 4.32. The third-order valence-electron chi connectivity index (χ3n) is 1.83. The van der Waals surface area contributed by atoms with Crippen molar-refractivity contribution in [1.29, 1.82) is 0 Å². The second-order valence-electron chi connectivity index (χ2n) is 4.18. The molecule has 0 bridgehead atoms. The molecule has 0 unspecified atom stereocenters. The van der Waals surface area contributed by atoms with Gasteiger partial charge in [-0.05, 0) is 0 Å². The van der Waals surface area contributed by atoms with Gasteiger partial charge in [-0.15, -0.1) is 0 Å². The molecular weight excluding hydrogens is 651 g/mol. The molecule has 207 valence electrons. The normalized spacial score (nSPS) is 14.6. The maximum atomic E-state index is 11.0. The molecule has 0 saturated heterocycles. The summed E-state index contributed by atoms with van der Waals surface area (Å²) in [4.78, 5) is 0. The molecule has 0 saturated carbocycles. The molecule has 0 amide bonds. The Morgan fingerprint density at radius 1 is 0.265 bits per heavy atom. The molecule has 0 N–H and O–H groups in total. The van der Waals surface area contributed by atoms with Crippen molar-refractivity contribution in [3.05, 3.63) is 0 Å². The molecule has 0 spiro atoms. The Balaban J connectivity index is -0.000000196. The van der Waals surface area contributed by atoms with Crippen LogP contribution in [0.3, 0.4) is 0 Å². The van der Waals surface area contributed by atoms with E-state index in [2.05, 4.69) is 0 Å². The van der Waals surface area contributed by atoms with Crippen LogP contribution in [0.2, 0.25) is 0 Å². The molecule has 0 aromatic carbocycles. The summed E-state index contributed by atoms with van der Waals surface area (Å²) in [6.07, 6.45) is 0. The van der Waals surface area contributed by atoms with Crippen LogP contribution in [-0.2, 0) is 55.4 Å². The van der Waals surface area contributed by atoms with Crippen LogP contribution < -0.4 is 0 Å². The molecule has 0 aliphatic rings. The smallest absolute Gasteiger partial charge is 0.210 e. The topological polar surface area (TPSA) is 102 Å². The first-order chi connectivity index (χ1) is 13.5. The van der Waals surface area contributed by atoms with Gasteiger partial charge in [-0.3, -0.25) is 0 Å². The molecule has 0 rings (SSSR count). The zero-order valence-electron chi connectivity index (χ0n) is 14.1. The van der Waals surface area contributed by atoms with Gasteiger partial charge in [0.05, 0.1) is 0 Å². The first-order valence-corrected chi connectivity index (χ1v) is 10.1. The summed E-state index contributed by atoms with van der Waals surface area (Å²) in [5.74, 6) is 0. The second-order valence-corrected chi connectivity index (χ2v) is 9.98. The molecule has 0 fully saturated rings. The van der Waals surface area contributed by atoms with E-state index < -0.39 is 62.6 Å². The number of hydrogen-bond donors (Lipinski definition) is 0. The Morgan fingerprint density at radius 3 is 0.324 bits per heavy atom. The third kappa shape index (κ3) is 10.2. The van der Waals surface area contributed by atoms with E-state index in [4.69, 9.17) is 0 Å². The van der Waals surface area contributed by atoms with Crippen LogP contribution in [0.4, 0.5) is 79.0 Å². The van der Waals surface area contributed by atoms with Gasteiger partial charge >= 0.3 is 62.6 Å². The van der Waals surface area contributed by atoms with E-state index >= 15 is 0 Å². The van der Waals surface area contributed by atoms with Gasteiger partial charge in [0.2, 0.25) is 0 Å². The van der Waals surface area contributed by atoms with Crippen molar-refractivity contribution in [3.63, 3.8) is 0 Å². The van der Waals surface area contributed by atoms with Crippen LogP contribution in [0.1, 0.15) is 0 Å². The van der Waals surface area contributed by atoms with Gasteiger partial charge in [-0.2, -0.15) is 79.0 Å².